The number of carbonyl (C=O) groups is 1. The molecule has 7 heteroatoms. The topological polar surface area (TPSA) is 58.6 Å². The van der Waals surface area contributed by atoms with E-state index in [-0.39, 0.29) is 12.5 Å². The summed E-state index contributed by atoms with van der Waals surface area (Å²) in [6.07, 6.45) is 7.15. The van der Waals surface area contributed by atoms with E-state index >= 15 is 0 Å². The standard InChI is InChI=1S/C28H36N4O2S/c1-3-20(2)26-29-27(25-22-12-8-5-9-13-23(22)35-28(25)30-26)32-16-14-31(15-17-32)24(33)19-34-18-21-10-6-4-7-11-21/h4,6-7,10-11,20H,3,5,8-9,12-19H2,1-2H3. The van der Waals surface area contributed by atoms with Gasteiger partial charge in [-0.3, -0.25) is 4.79 Å². The predicted octanol–water partition coefficient (Wildman–Crippen LogP) is 5.34. The van der Waals surface area contributed by atoms with E-state index in [0.717, 1.165) is 48.0 Å². The number of carbonyl (C=O) groups excluding carboxylic acids is 1. The minimum Gasteiger partial charge on any atom is -0.367 e. The molecular weight excluding hydrogens is 456 g/mol. The van der Waals surface area contributed by atoms with Gasteiger partial charge in [0.25, 0.3) is 0 Å². The third-order valence-electron chi connectivity index (χ3n) is 7.39. The zero-order valence-corrected chi connectivity index (χ0v) is 21.8. The van der Waals surface area contributed by atoms with Crippen LogP contribution in [-0.2, 0) is 29.0 Å². The molecule has 1 aliphatic carbocycles. The molecule has 2 aromatic heterocycles. The molecular formula is C28H36N4O2S. The van der Waals surface area contributed by atoms with Crippen molar-refractivity contribution >= 4 is 33.3 Å². The molecule has 6 nitrogen and oxygen atoms in total. The average Bonchev–Trinajstić information content (AvgIpc) is 3.09. The zero-order valence-electron chi connectivity index (χ0n) is 21.0. The summed E-state index contributed by atoms with van der Waals surface area (Å²) in [4.78, 5) is 30.0. The molecule has 0 bridgehead atoms. The SMILES string of the molecule is CCC(C)c1nc(N2CCN(C(=O)COCc3ccccc3)CC2)c2c3c(sc2n1)CCCCC3. The molecule has 35 heavy (non-hydrogen) atoms. The summed E-state index contributed by atoms with van der Waals surface area (Å²) < 4.78 is 5.70. The third-order valence-corrected chi connectivity index (χ3v) is 8.57. The first-order valence-corrected chi connectivity index (χ1v) is 13.9. The van der Waals surface area contributed by atoms with Gasteiger partial charge in [-0.25, -0.2) is 9.97 Å². The highest BCUT2D eigenvalue weighted by Crippen LogP contribution is 2.40. The normalized spacial score (nSPS) is 17.3. The van der Waals surface area contributed by atoms with E-state index in [2.05, 4.69) is 18.7 Å². The van der Waals surface area contributed by atoms with Gasteiger partial charge < -0.3 is 14.5 Å². The molecule has 1 unspecified atom stereocenters. The number of rotatable bonds is 7. The average molecular weight is 493 g/mol. The summed E-state index contributed by atoms with van der Waals surface area (Å²) in [5.41, 5.74) is 2.57. The van der Waals surface area contributed by atoms with E-state index in [4.69, 9.17) is 14.7 Å². The first-order valence-electron chi connectivity index (χ1n) is 13.1. The lowest BCUT2D eigenvalue weighted by Gasteiger charge is -2.36. The van der Waals surface area contributed by atoms with Gasteiger partial charge in [-0.2, -0.15) is 0 Å². The molecule has 1 amide bonds. The molecule has 1 fully saturated rings. The molecule has 5 rings (SSSR count). The van der Waals surface area contributed by atoms with Crippen LogP contribution in [0.5, 0.6) is 0 Å². The Balaban J connectivity index is 1.30. The van der Waals surface area contributed by atoms with Crippen LogP contribution in [0.3, 0.4) is 0 Å². The molecule has 186 valence electrons. The number of nitrogens with zero attached hydrogens (tertiary/aromatic N) is 4. The fraction of sp³-hybridized carbons (Fsp3) is 0.536. The number of piperazine rings is 1. The first kappa shape index (κ1) is 24.2. The summed E-state index contributed by atoms with van der Waals surface area (Å²) in [5, 5.41) is 1.28. The summed E-state index contributed by atoms with van der Waals surface area (Å²) in [6, 6.07) is 10.00. The molecule has 1 aromatic carbocycles. The Morgan fingerprint density at radius 1 is 1.06 bits per heavy atom. The van der Waals surface area contributed by atoms with Crippen LogP contribution >= 0.6 is 11.3 Å². The van der Waals surface area contributed by atoms with Gasteiger partial charge in [0.2, 0.25) is 5.91 Å². The highest BCUT2D eigenvalue weighted by atomic mass is 32.1. The lowest BCUT2D eigenvalue weighted by atomic mass is 10.1. The summed E-state index contributed by atoms with van der Waals surface area (Å²) in [6.45, 7) is 7.99. The Kier molecular flexibility index (Phi) is 7.63. The Hall–Kier alpha value is -2.51. The maximum Gasteiger partial charge on any atom is 0.248 e. The molecule has 1 aliphatic heterocycles. The lowest BCUT2D eigenvalue weighted by molar-refractivity contribution is -0.136. The number of aryl methyl sites for hydroxylation is 2. The minimum absolute atomic E-state index is 0.0677. The van der Waals surface area contributed by atoms with Crippen LogP contribution in [0.1, 0.15) is 67.3 Å². The summed E-state index contributed by atoms with van der Waals surface area (Å²) >= 11 is 1.89. The number of aromatic nitrogens is 2. The van der Waals surface area contributed by atoms with Crippen molar-refractivity contribution in [2.45, 2.75) is 64.9 Å². The number of hydrogen-bond donors (Lipinski definition) is 0. The van der Waals surface area contributed by atoms with Crippen molar-refractivity contribution in [2.24, 2.45) is 0 Å². The van der Waals surface area contributed by atoms with Crippen molar-refractivity contribution in [3.63, 3.8) is 0 Å². The lowest BCUT2D eigenvalue weighted by Crippen LogP contribution is -2.50. The Bertz CT molecular complexity index is 1150. The second-order valence-electron chi connectivity index (χ2n) is 9.81. The second kappa shape index (κ2) is 11.0. The maximum absolute atomic E-state index is 12.8. The number of thiophene rings is 1. The van der Waals surface area contributed by atoms with Crippen molar-refractivity contribution in [2.75, 3.05) is 37.7 Å². The molecule has 0 N–H and O–H groups in total. The second-order valence-corrected chi connectivity index (χ2v) is 10.9. The monoisotopic (exact) mass is 492 g/mol. The van der Waals surface area contributed by atoms with Gasteiger partial charge >= 0.3 is 0 Å². The van der Waals surface area contributed by atoms with Crippen LogP contribution in [0.2, 0.25) is 0 Å². The first-order chi connectivity index (χ1) is 17.1. The van der Waals surface area contributed by atoms with Gasteiger partial charge in [0, 0.05) is 37.0 Å². The van der Waals surface area contributed by atoms with Gasteiger partial charge in [-0.1, -0.05) is 50.6 Å². The number of hydrogen-bond acceptors (Lipinski definition) is 6. The summed E-state index contributed by atoms with van der Waals surface area (Å²) in [5.74, 6) is 2.46. The van der Waals surface area contributed by atoms with Crippen molar-refractivity contribution in [3.8, 4) is 0 Å². The fourth-order valence-corrected chi connectivity index (χ4v) is 6.32. The molecule has 0 saturated carbocycles. The number of ether oxygens (including phenoxy) is 1. The Labute approximate surface area is 212 Å². The van der Waals surface area contributed by atoms with Crippen LogP contribution in [-0.4, -0.2) is 53.6 Å². The highest BCUT2D eigenvalue weighted by molar-refractivity contribution is 7.19. The summed E-state index contributed by atoms with van der Waals surface area (Å²) in [7, 11) is 0. The van der Waals surface area contributed by atoms with E-state index in [1.54, 1.807) is 0 Å². The van der Waals surface area contributed by atoms with Crippen molar-refractivity contribution in [1.82, 2.24) is 14.9 Å². The highest BCUT2D eigenvalue weighted by Gasteiger charge is 2.27. The van der Waals surface area contributed by atoms with Crippen molar-refractivity contribution < 1.29 is 9.53 Å². The van der Waals surface area contributed by atoms with E-state index in [1.807, 2.05) is 46.6 Å². The van der Waals surface area contributed by atoms with E-state index in [0.29, 0.717) is 25.6 Å². The van der Waals surface area contributed by atoms with Crippen molar-refractivity contribution in [1.29, 1.82) is 0 Å². The maximum atomic E-state index is 12.8. The van der Waals surface area contributed by atoms with Crippen LogP contribution in [0.4, 0.5) is 5.82 Å². The number of anilines is 1. The molecule has 3 aromatic rings. The van der Waals surface area contributed by atoms with E-state index < -0.39 is 0 Å². The molecule has 2 aliphatic rings. The Morgan fingerprint density at radius 2 is 1.83 bits per heavy atom. The number of benzene rings is 1. The smallest absolute Gasteiger partial charge is 0.248 e. The Morgan fingerprint density at radius 3 is 2.60 bits per heavy atom. The van der Waals surface area contributed by atoms with Crippen LogP contribution in [0.15, 0.2) is 30.3 Å². The van der Waals surface area contributed by atoms with Gasteiger partial charge in [-0.05, 0) is 43.2 Å². The van der Waals surface area contributed by atoms with Crippen LogP contribution in [0.25, 0.3) is 10.2 Å². The minimum atomic E-state index is 0.0677. The van der Waals surface area contributed by atoms with Crippen LogP contribution in [0, 0.1) is 0 Å². The van der Waals surface area contributed by atoms with E-state index in [9.17, 15) is 4.79 Å². The molecule has 3 heterocycles. The number of amides is 1. The molecule has 0 spiro atoms. The molecule has 1 atom stereocenters. The van der Waals surface area contributed by atoms with Gasteiger partial charge in [-0.15, -0.1) is 11.3 Å². The predicted molar refractivity (Wildman–Crippen MR) is 142 cm³/mol. The molecule has 1 saturated heterocycles. The number of fused-ring (bicyclic) bond motifs is 3. The van der Waals surface area contributed by atoms with Gasteiger partial charge in [0.1, 0.15) is 23.1 Å². The quantitative estimate of drug-likeness (QED) is 0.417. The van der Waals surface area contributed by atoms with E-state index in [1.165, 1.54) is 41.5 Å². The third kappa shape index (κ3) is 5.36. The van der Waals surface area contributed by atoms with Crippen LogP contribution < -0.4 is 4.90 Å². The fourth-order valence-electron chi connectivity index (χ4n) is 5.05. The van der Waals surface area contributed by atoms with Gasteiger partial charge in [0.05, 0.1) is 12.0 Å². The van der Waals surface area contributed by atoms with Crippen molar-refractivity contribution in [3.05, 3.63) is 52.2 Å². The van der Waals surface area contributed by atoms with Gasteiger partial charge in [0.15, 0.2) is 0 Å². The molecule has 0 radical (unpaired) electrons. The zero-order chi connectivity index (χ0) is 24.2. The largest absolute Gasteiger partial charge is 0.367 e.